The lowest BCUT2D eigenvalue weighted by Crippen LogP contribution is -2.37. The molecule has 1 unspecified atom stereocenters. The first kappa shape index (κ1) is 11.4. The molecule has 0 amide bonds. The van der Waals surface area contributed by atoms with Gasteiger partial charge in [0, 0.05) is 23.6 Å². The Morgan fingerprint density at radius 3 is 2.78 bits per heavy atom. The number of thiazole rings is 1. The van der Waals surface area contributed by atoms with Gasteiger partial charge in [-0.1, -0.05) is 30.3 Å². The van der Waals surface area contributed by atoms with Crippen LogP contribution < -0.4 is 0 Å². The van der Waals surface area contributed by atoms with Gasteiger partial charge in [-0.2, -0.15) is 0 Å². The Balaban J connectivity index is 2.12. The van der Waals surface area contributed by atoms with E-state index < -0.39 is 5.60 Å². The summed E-state index contributed by atoms with van der Waals surface area (Å²) in [7, 11) is 0. The molecule has 2 aromatic rings. The zero-order chi connectivity index (χ0) is 12.4. The van der Waals surface area contributed by atoms with Crippen LogP contribution in [0.4, 0.5) is 0 Å². The van der Waals surface area contributed by atoms with Crippen molar-refractivity contribution in [1.29, 1.82) is 0 Å². The fraction of sp³-hybridized carbons (Fsp3) is 0.286. The molecule has 3 nitrogen and oxygen atoms in total. The molecule has 18 heavy (non-hydrogen) atoms. The molecule has 1 aliphatic rings. The fourth-order valence-corrected chi connectivity index (χ4v) is 3.21. The minimum absolute atomic E-state index is 0.139. The van der Waals surface area contributed by atoms with E-state index >= 15 is 0 Å². The molecule has 92 valence electrons. The average molecular weight is 259 g/mol. The topological polar surface area (TPSA) is 39.2 Å². The van der Waals surface area contributed by atoms with Crippen LogP contribution in [0.3, 0.4) is 0 Å². The summed E-state index contributed by atoms with van der Waals surface area (Å²) in [6.45, 7) is 0. The lowest BCUT2D eigenvalue weighted by Gasteiger charge is -2.35. The Morgan fingerprint density at radius 2 is 2.11 bits per heavy atom. The van der Waals surface area contributed by atoms with Gasteiger partial charge < -0.3 is 4.74 Å². The Kier molecular flexibility index (Phi) is 2.88. The van der Waals surface area contributed by atoms with Gasteiger partial charge in [0.15, 0.2) is 5.60 Å². The van der Waals surface area contributed by atoms with Gasteiger partial charge >= 0.3 is 5.97 Å². The number of ether oxygens (including phenoxy) is 1. The largest absolute Gasteiger partial charge is 0.447 e. The predicted molar refractivity (Wildman–Crippen MR) is 69.3 cm³/mol. The monoisotopic (exact) mass is 259 g/mol. The highest BCUT2D eigenvalue weighted by atomic mass is 32.1. The molecule has 2 heterocycles. The maximum absolute atomic E-state index is 11.7. The Labute approximate surface area is 109 Å². The van der Waals surface area contributed by atoms with Gasteiger partial charge in [-0.05, 0) is 12.8 Å². The Bertz CT molecular complexity index is 538. The molecule has 1 saturated heterocycles. The minimum Gasteiger partial charge on any atom is -0.447 e. The van der Waals surface area contributed by atoms with Gasteiger partial charge in [0.1, 0.15) is 5.01 Å². The zero-order valence-electron chi connectivity index (χ0n) is 9.83. The molecule has 1 atom stereocenters. The first-order chi connectivity index (χ1) is 8.81. The quantitative estimate of drug-likeness (QED) is 0.778. The standard InChI is InChI=1S/C14H13NO2S/c16-12-7-4-8-14(17-12,13-15-9-10-18-13)11-5-2-1-3-6-11/h1-3,5-6,9-10H,4,7-8H2. The summed E-state index contributed by atoms with van der Waals surface area (Å²) < 4.78 is 5.71. The van der Waals surface area contributed by atoms with E-state index in [4.69, 9.17) is 4.74 Å². The molecule has 0 spiro atoms. The first-order valence-electron chi connectivity index (χ1n) is 5.99. The van der Waals surface area contributed by atoms with Crippen LogP contribution in [0.1, 0.15) is 29.8 Å². The molecule has 1 aromatic carbocycles. The maximum Gasteiger partial charge on any atom is 0.307 e. The normalized spacial score (nSPS) is 23.7. The molecule has 1 fully saturated rings. The third-order valence-electron chi connectivity index (χ3n) is 3.22. The smallest absolute Gasteiger partial charge is 0.307 e. The van der Waals surface area contributed by atoms with Crippen LogP contribution in [0.25, 0.3) is 0 Å². The first-order valence-corrected chi connectivity index (χ1v) is 6.86. The third-order valence-corrected chi connectivity index (χ3v) is 4.13. The van der Waals surface area contributed by atoms with Crippen molar-refractivity contribution >= 4 is 17.3 Å². The van der Waals surface area contributed by atoms with Crippen molar-refractivity contribution in [3.05, 3.63) is 52.5 Å². The van der Waals surface area contributed by atoms with Crippen LogP contribution >= 0.6 is 11.3 Å². The second-order valence-corrected chi connectivity index (χ2v) is 5.25. The lowest BCUT2D eigenvalue weighted by atomic mass is 9.87. The van der Waals surface area contributed by atoms with Gasteiger partial charge in [0.2, 0.25) is 0 Å². The van der Waals surface area contributed by atoms with Gasteiger partial charge in [-0.3, -0.25) is 4.79 Å². The second-order valence-electron chi connectivity index (χ2n) is 4.36. The molecule has 0 saturated carbocycles. The van der Waals surface area contributed by atoms with E-state index in [0.29, 0.717) is 6.42 Å². The van der Waals surface area contributed by atoms with Crippen molar-refractivity contribution in [2.45, 2.75) is 24.9 Å². The number of rotatable bonds is 2. The van der Waals surface area contributed by atoms with E-state index in [9.17, 15) is 4.79 Å². The van der Waals surface area contributed by atoms with Crippen LogP contribution in [0, 0.1) is 0 Å². The number of carbonyl (C=O) groups is 1. The maximum atomic E-state index is 11.7. The van der Waals surface area contributed by atoms with E-state index in [1.165, 1.54) is 11.3 Å². The van der Waals surface area contributed by atoms with Crippen LogP contribution in [0.5, 0.6) is 0 Å². The summed E-state index contributed by atoms with van der Waals surface area (Å²) in [5.41, 5.74) is 0.332. The second kappa shape index (κ2) is 4.53. The number of nitrogens with zero attached hydrogens (tertiary/aromatic N) is 1. The van der Waals surface area contributed by atoms with E-state index in [1.54, 1.807) is 6.20 Å². The summed E-state index contributed by atoms with van der Waals surface area (Å²) in [4.78, 5) is 16.1. The van der Waals surface area contributed by atoms with E-state index in [-0.39, 0.29) is 5.97 Å². The van der Waals surface area contributed by atoms with E-state index in [0.717, 1.165) is 23.4 Å². The Morgan fingerprint density at radius 1 is 1.28 bits per heavy atom. The molecule has 0 aliphatic carbocycles. The van der Waals surface area contributed by atoms with Crippen LogP contribution in [-0.2, 0) is 15.1 Å². The highest BCUT2D eigenvalue weighted by Crippen LogP contribution is 2.42. The SMILES string of the molecule is O=C1CCCC(c2ccccc2)(c2nccs2)O1. The zero-order valence-corrected chi connectivity index (χ0v) is 10.7. The Hall–Kier alpha value is -1.68. The van der Waals surface area contributed by atoms with Crippen molar-refractivity contribution < 1.29 is 9.53 Å². The van der Waals surface area contributed by atoms with Crippen molar-refractivity contribution in [2.24, 2.45) is 0 Å². The van der Waals surface area contributed by atoms with E-state index in [2.05, 4.69) is 4.98 Å². The summed E-state index contributed by atoms with van der Waals surface area (Å²) in [6, 6.07) is 9.89. The van der Waals surface area contributed by atoms with Crippen molar-refractivity contribution in [3.63, 3.8) is 0 Å². The summed E-state index contributed by atoms with van der Waals surface area (Å²) >= 11 is 1.54. The minimum atomic E-state index is -0.676. The number of carbonyl (C=O) groups excluding carboxylic acids is 1. The molecule has 1 aromatic heterocycles. The molecule has 0 bridgehead atoms. The van der Waals surface area contributed by atoms with Gasteiger partial charge in [-0.25, -0.2) is 4.98 Å². The van der Waals surface area contributed by atoms with Crippen molar-refractivity contribution in [2.75, 3.05) is 0 Å². The summed E-state index contributed by atoms with van der Waals surface area (Å²) in [5.74, 6) is -0.139. The fourth-order valence-electron chi connectivity index (χ4n) is 2.39. The average Bonchev–Trinajstić information content (AvgIpc) is 2.94. The summed E-state index contributed by atoms with van der Waals surface area (Å²) in [6.07, 6.45) is 3.90. The van der Waals surface area contributed by atoms with Crippen LogP contribution in [0.2, 0.25) is 0 Å². The van der Waals surface area contributed by atoms with Gasteiger partial charge in [0.25, 0.3) is 0 Å². The molecular weight excluding hydrogens is 246 g/mol. The number of hydrogen-bond acceptors (Lipinski definition) is 4. The van der Waals surface area contributed by atoms with Crippen LogP contribution in [0.15, 0.2) is 41.9 Å². The van der Waals surface area contributed by atoms with Gasteiger partial charge in [0.05, 0.1) is 0 Å². The molecule has 1 aliphatic heterocycles. The third kappa shape index (κ3) is 1.82. The molecule has 0 radical (unpaired) electrons. The number of esters is 1. The van der Waals surface area contributed by atoms with Crippen molar-refractivity contribution in [3.8, 4) is 0 Å². The predicted octanol–water partition coefficient (Wildman–Crippen LogP) is 3.11. The molecule has 3 rings (SSSR count). The van der Waals surface area contributed by atoms with E-state index in [1.807, 2.05) is 35.7 Å². The molecule has 0 N–H and O–H groups in total. The number of aromatic nitrogens is 1. The number of hydrogen-bond donors (Lipinski definition) is 0. The van der Waals surface area contributed by atoms with Gasteiger partial charge in [-0.15, -0.1) is 11.3 Å². The van der Waals surface area contributed by atoms with Crippen molar-refractivity contribution in [1.82, 2.24) is 4.98 Å². The summed E-state index contributed by atoms with van der Waals surface area (Å²) in [5, 5.41) is 2.78. The lowest BCUT2D eigenvalue weighted by molar-refractivity contribution is -0.163. The number of cyclic esters (lactones) is 1. The molecule has 4 heteroatoms. The molecular formula is C14H13NO2S. The highest BCUT2D eigenvalue weighted by molar-refractivity contribution is 7.09. The highest BCUT2D eigenvalue weighted by Gasteiger charge is 2.43. The van der Waals surface area contributed by atoms with Crippen LogP contribution in [-0.4, -0.2) is 11.0 Å². The number of benzene rings is 1.